The molecule has 19 heavy (non-hydrogen) atoms. The third kappa shape index (κ3) is 2.14. The molecule has 1 aliphatic rings. The Morgan fingerprint density at radius 2 is 2.21 bits per heavy atom. The zero-order valence-electron chi connectivity index (χ0n) is 11.1. The number of sulfone groups is 1. The van der Waals surface area contributed by atoms with Crippen LogP contribution >= 0.6 is 0 Å². The van der Waals surface area contributed by atoms with E-state index in [9.17, 15) is 8.42 Å². The van der Waals surface area contributed by atoms with Crippen LogP contribution in [0.15, 0.2) is 18.3 Å². The standard InChI is InChI=1S/C13H17N3O2S/c1-9(2)16-12(10-5-7-19(17,18)8-10)15-11-4-3-6-14-13(11)16/h3-4,6,9-10H,5,7-8H2,1-2H3. The van der Waals surface area contributed by atoms with Gasteiger partial charge in [0.1, 0.15) is 11.3 Å². The summed E-state index contributed by atoms with van der Waals surface area (Å²) in [5, 5.41) is 0. The molecule has 0 spiro atoms. The molecule has 0 bridgehead atoms. The number of aromatic nitrogens is 3. The second kappa shape index (κ2) is 4.30. The maximum Gasteiger partial charge on any atom is 0.160 e. The highest BCUT2D eigenvalue weighted by Gasteiger charge is 2.33. The molecule has 6 heteroatoms. The van der Waals surface area contributed by atoms with E-state index in [1.54, 1.807) is 6.20 Å². The van der Waals surface area contributed by atoms with Crippen molar-refractivity contribution in [1.29, 1.82) is 0 Å². The molecule has 3 heterocycles. The molecule has 0 saturated carbocycles. The summed E-state index contributed by atoms with van der Waals surface area (Å²) in [6.45, 7) is 4.14. The van der Waals surface area contributed by atoms with Gasteiger partial charge in [0.25, 0.3) is 0 Å². The van der Waals surface area contributed by atoms with E-state index in [1.165, 1.54) is 0 Å². The lowest BCUT2D eigenvalue weighted by atomic mass is 10.1. The molecule has 1 saturated heterocycles. The molecule has 3 rings (SSSR count). The predicted octanol–water partition coefficient (Wildman–Crippen LogP) is 1.91. The number of fused-ring (bicyclic) bond motifs is 1. The highest BCUT2D eigenvalue weighted by molar-refractivity contribution is 7.91. The van der Waals surface area contributed by atoms with E-state index < -0.39 is 9.84 Å². The molecular weight excluding hydrogens is 262 g/mol. The SMILES string of the molecule is CC(C)n1c(C2CCS(=O)(=O)C2)nc2cccnc21. The fraction of sp³-hybridized carbons (Fsp3) is 0.538. The zero-order chi connectivity index (χ0) is 13.6. The van der Waals surface area contributed by atoms with E-state index in [0.29, 0.717) is 6.42 Å². The number of rotatable bonds is 2. The summed E-state index contributed by atoms with van der Waals surface area (Å²) in [7, 11) is -2.90. The van der Waals surface area contributed by atoms with Crippen molar-refractivity contribution >= 4 is 21.0 Å². The van der Waals surface area contributed by atoms with E-state index in [4.69, 9.17) is 0 Å². The molecule has 0 amide bonds. The van der Waals surface area contributed by atoms with Gasteiger partial charge in [-0.1, -0.05) is 0 Å². The first-order chi connectivity index (χ1) is 8.98. The van der Waals surface area contributed by atoms with Crippen LogP contribution in [0.5, 0.6) is 0 Å². The van der Waals surface area contributed by atoms with Crippen LogP contribution in [-0.4, -0.2) is 34.5 Å². The third-order valence-corrected chi connectivity index (χ3v) is 5.36. The van der Waals surface area contributed by atoms with Crippen LogP contribution in [0.1, 0.15) is 38.1 Å². The molecule has 1 aliphatic heterocycles. The van der Waals surface area contributed by atoms with Crippen molar-refractivity contribution in [3.8, 4) is 0 Å². The summed E-state index contributed by atoms with van der Waals surface area (Å²) in [5.41, 5.74) is 1.69. The molecule has 2 aromatic heterocycles. The first-order valence-corrected chi connectivity index (χ1v) is 8.33. The Labute approximate surface area is 112 Å². The number of hydrogen-bond acceptors (Lipinski definition) is 4. The molecule has 5 nitrogen and oxygen atoms in total. The molecule has 1 unspecified atom stereocenters. The lowest BCUT2D eigenvalue weighted by molar-refractivity contribution is 0.550. The summed E-state index contributed by atoms with van der Waals surface area (Å²) in [6, 6.07) is 4.00. The van der Waals surface area contributed by atoms with Gasteiger partial charge in [-0.25, -0.2) is 18.4 Å². The van der Waals surface area contributed by atoms with Gasteiger partial charge >= 0.3 is 0 Å². The highest BCUT2D eigenvalue weighted by Crippen LogP contribution is 2.32. The monoisotopic (exact) mass is 279 g/mol. The minimum atomic E-state index is -2.90. The molecule has 1 atom stereocenters. The first-order valence-electron chi connectivity index (χ1n) is 6.51. The van der Waals surface area contributed by atoms with Crippen LogP contribution in [0.3, 0.4) is 0 Å². The fourth-order valence-electron chi connectivity index (χ4n) is 2.74. The lowest BCUT2D eigenvalue weighted by Gasteiger charge is -2.15. The van der Waals surface area contributed by atoms with Crippen LogP contribution in [0, 0.1) is 0 Å². The number of nitrogens with zero attached hydrogens (tertiary/aromatic N) is 3. The normalized spacial score (nSPS) is 22.4. The molecular formula is C13H17N3O2S. The molecule has 0 radical (unpaired) electrons. The second-order valence-corrected chi connectivity index (χ2v) is 7.61. The van der Waals surface area contributed by atoms with Gasteiger partial charge in [-0.2, -0.15) is 0 Å². The van der Waals surface area contributed by atoms with Crippen LogP contribution in [0.4, 0.5) is 0 Å². The highest BCUT2D eigenvalue weighted by atomic mass is 32.2. The van der Waals surface area contributed by atoms with Crippen molar-refractivity contribution < 1.29 is 8.42 Å². The average molecular weight is 279 g/mol. The van der Waals surface area contributed by atoms with Crippen molar-refractivity contribution in [3.05, 3.63) is 24.2 Å². The minimum absolute atomic E-state index is 0.00148. The van der Waals surface area contributed by atoms with E-state index in [1.807, 2.05) is 12.1 Å². The van der Waals surface area contributed by atoms with Crippen molar-refractivity contribution in [2.75, 3.05) is 11.5 Å². The number of imidazole rings is 1. The second-order valence-electron chi connectivity index (χ2n) is 5.38. The Morgan fingerprint density at radius 1 is 1.42 bits per heavy atom. The van der Waals surface area contributed by atoms with Crippen molar-refractivity contribution in [2.24, 2.45) is 0 Å². The summed E-state index contributed by atoms with van der Waals surface area (Å²) >= 11 is 0. The van der Waals surface area contributed by atoms with Gasteiger partial charge in [0.05, 0.1) is 11.5 Å². The summed E-state index contributed by atoms with van der Waals surface area (Å²) < 4.78 is 25.4. The Balaban J connectivity index is 2.16. The average Bonchev–Trinajstić information content (AvgIpc) is 2.88. The van der Waals surface area contributed by atoms with Gasteiger partial charge in [-0.3, -0.25) is 0 Å². The topological polar surface area (TPSA) is 64.8 Å². The van der Waals surface area contributed by atoms with E-state index in [2.05, 4.69) is 28.4 Å². The largest absolute Gasteiger partial charge is 0.310 e. The maximum atomic E-state index is 11.7. The molecule has 2 aromatic rings. The molecule has 1 fully saturated rings. The van der Waals surface area contributed by atoms with Crippen molar-refractivity contribution in [2.45, 2.75) is 32.2 Å². The van der Waals surface area contributed by atoms with Crippen LogP contribution in [0.2, 0.25) is 0 Å². The number of hydrogen-bond donors (Lipinski definition) is 0. The molecule has 0 aliphatic carbocycles. The van der Waals surface area contributed by atoms with Crippen LogP contribution in [-0.2, 0) is 9.84 Å². The third-order valence-electron chi connectivity index (χ3n) is 3.59. The summed E-state index contributed by atoms with van der Waals surface area (Å²) in [6.07, 6.45) is 2.41. The van der Waals surface area contributed by atoms with Gasteiger partial charge < -0.3 is 4.57 Å². The van der Waals surface area contributed by atoms with E-state index in [0.717, 1.165) is 17.0 Å². The summed E-state index contributed by atoms with van der Waals surface area (Å²) in [4.78, 5) is 9.00. The Morgan fingerprint density at radius 3 is 2.84 bits per heavy atom. The quantitative estimate of drug-likeness (QED) is 0.842. The van der Waals surface area contributed by atoms with Gasteiger partial charge in [0, 0.05) is 18.2 Å². The van der Waals surface area contributed by atoms with Gasteiger partial charge in [0.15, 0.2) is 15.5 Å². The fourth-order valence-corrected chi connectivity index (χ4v) is 4.48. The Bertz CT molecular complexity index is 719. The van der Waals surface area contributed by atoms with Gasteiger partial charge in [-0.15, -0.1) is 0 Å². The van der Waals surface area contributed by atoms with Crippen LogP contribution < -0.4 is 0 Å². The molecule has 102 valence electrons. The maximum absolute atomic E-state index is 11.7. The predicted molar refractivity (Wildman–Crippen MR) is 73.9 cm³/mol. The zero-order valence-corrected chi connectivity index (χ0v) is 11.9. The molecule has 0 N–H and O–H groups in total. The first kappa shape index (κ1) is 12.6. The molecule has 0 aromatic carbocycles. The smallest absolute Gasteiger partial charge is 0.160 e. The van der Waals surface area contributed by atoms with Crippen molar-refractivity contribution in [1.82, 2.24) is 14.5 Å². The van der Waals surface area contributed by atoms with Crippen molar-refractivity contribution in [3.63, 3.8) is 0 Å². The Hall–Kier alpha value is -1.43. The van der Waals surface area contributed by atoms with E-state index in [-0.39, 0.29) is 23.5 Å². The van der Waals surface area contributed by atoms with E-state index >= 15 is 0 Å². The van der Waals surface area contributed by atoms with Gasteiger partial charge in [-0.05, 0) is 32.4 Å². The minimum Gasteiger partial charge on any atom is -0.310 e. The lowest BCUT2D eigenvalue weighted by Crippen LogP contribution is -2.13. The number of pyridine rings is 1. The Kier molecular flexibility index (Phi) is 2.85. The van der Waals surface area contributed by atoms with Crippen LogP contribution in [0.25, 0.3) is 11.2 Å². The summed E-state index contributed by atoms with van der Waals surface area (Å²) in [5.74, 6) is 1.35. The van der Waals surface area contributed by atoms with Gasteiger partial charge in [0.2, 0.25) is 0 Å².